The highest BCUT2D eigenvalue weighted by Crippen LogP contribution is 2.20. The molecule has 0 fully saturated rings. The topological polar surface area (TPSA) is 114 Å². The minimum Gasteiger partial charge on any atom is -0.443 e. The zero-order valence-corrected chi connectivity index (χ0v) is 18.9. The van der Waals surface area contributed by atoms with Crippen molar-refractivity contribution in [2.24, 2.45) is 10.8 Å². The van der Waals surface area contributed by atoms with Crippen LogP contribution in [-0.4, -0.2) is 30.8 Å². The molecule has 0 saturated carbocycles. The van der Waals surface area contributed by atoms with Crippen LogP contribution in [0.4, 0.5) is 0 Å². The Labute approximate surface area is 179 Å². The van der Waals surface area contributed by atoms with Crippen molar-refractivity contribution in [3.8, 4) is 11.8 Å². The number of rotatable bonds is 6. The van der Waals surface area contributed by atoms with E-state index in [2.05, 4.69) is 16.8 Å². The molecule has 2 rings (SSSR count). The molecule has 0 unspecified atom stereocenters. The third-order valence-electron chi connectivity index (χ3n) is 4.84. The van der Waals surface area contributed by atoms with Crippen LogP contribution in [0.5, 0.6) is 0 Å². The van der Waals surface area contributed by atoms with Crippen molar-refractivity contribution in [3.63, 3.8) is 0 Å². The molecule has 0 spiro atoms. The Morgan fingerprint density at radius 2 is 1.77 bits per heavy atom. The molecule has 10 heteroatoms. The van der Waals surface area contributed by atoms with Crippen LogP contribution >= 0.6 is 0 Å². The smallest absolute Gasteiger partial charge is 0.369 e. The number of carbonyl (C=O) groups excluding carboxylic acids is 2. The molecule has 31 heavy (non-hydrogen) atoms. The first-order valence-electron chi connectivity index (χ1n) is 9.85. The van der Waals surface area contributed by atoms with Crippen molar-refractivity contribution >= 4 is 23.1 Å². The second-order valence-electron chi connectivity index (χ2n) is 8.71. The van der Waals surface area contributed by atoms with E-state index in [9.17, 15) is 19.2 Å². The van der Waals surface area contributed by atoms with Crippen LogP contribution in [0.15, 0.2) is 15.9 Å². The highest BCUT2D eigenvalue weighted by Gasteiger charge is 2.31. The quantitative estimate of drug-likeness (QED) is 0.499. The van der Waals surface area contributed by atoms with Crippen LogP contribution in [-0.2, 0) is 27.6 Å². The van der Waals surface area contributed by atoms with Gasteiger partial charge in [0, 0.05) is 0 Å². The molecule has 168 valence electrons. The van der Waals surface area contributed by atoms with E-state index in [-0.39, 0.29) is 17.7 Å². The summed E-state index contributed by atoms with van der Waals surface area (Å²) in [5.74, 6) is 4.23. The van der Waals surface area contributed by atoms with Crippen molar-refractivity contribution in [1.82, 2.24) is 18.8 Å². The first-order chi connectivity index (χ1) is 14.3. The molecule has 0 aliphatic carbocycles. The van der Waals surface area contributed by atoms with E-state index in [1.54, 1.807) is 48.5 Å². The first-order valence-corrected chi connectivity index (χ1v) is 9.85. The summed E-state index contributed by atoms with van der Waals surface area (Å²) in [4.78, 5) is 60.1. The van der Waals surface area contributed by atoms with E-state index in [4.69, 9.17) is 9.57 Å². The van der Waals surface area contributed by atoms with Crippen molar-refractivity contribution in [3.05, 3.63) is 27.2 Å². The second kappa shape index (κ2) is 8.79. The Morgan fingerprint density at radius 1 is 1.13 bits per heavy atom. The summed E-state index contributed by atoms with van der Waals surface area (Å²) in [6.07, 6.45) is 1.78. The minimum absolute atomic E-state index is 0.00309. The first kappa shape index (κ1) is 23.9. The maximum atomic E-state index is 13.1. The largest absolute Gasteiger partial charge is 0.443 e. The summed E-state index contributed by atoms with van der Waals surface area (Å²) in [5.41, 5.74) is -3.56. The molecule has 2 aromatic rings. The van der Waals surface area contributed by atoms with Crippen LogP contribution in [0.3, 0.4) is 0 Å². The van der Waals surface area contributed by atoms with Gasteiger partial charge in [-0.3, -0.25) is 9.59 Å². The maximum Gasteiger partial charge on any atom is 0.369 e. The molecule has 0 amide bonds. The monoisotopic (exact) mass is 432 g/mol. The summed E-state index contributed by atoms with van der Waals surface area (Å²) < 4.78 is 8.04. The van der Waals surface area contributed by atoms with Crippen molar-refractivity contribution in [2.75, 3.05) is 0 Å². The van der Waals surface area contributed by atoms with Crippen LogP contribution in [0.2, 0.25) is 0 Å². The van der Waals surface area contributed by atoms with Gasteiger partial charge in [0.25, 0.3) is 0 Å². The third kappa shape index (κ3) is 4.87. The van der Waals surface area contributed by atoms with Gasteiger partial charge in [0.2, 0.25) is 0 Å². The average Bonchev–Trinajstić information content (AvgIpc) is 3.12. The van der Waals surface area contributed by atoms with Gasteiger partial charge in [0.15, 0.2) is 17.9 Å². The molecule has 0 aliphatic rings. The molecule has 2 aromatic heterocycles. The van der Waals surface area contributed by atoms with Gasteiger partial charge in [-0.1, -0.05) is 17.6 Å². The van der Waals surface area contributed by atoms with Gasteiger partial charge in [-0.15, -0.1) is 5.92 Å². The maximum absolute atomic E-state index is 13.1. The number of imidazole rings is 1. The number of fused-ring (bicyclic) bond motifs is 1. The van der Waals surface area contributed by atoms with Crippen molar-refractivity contribution in [2.45, 2.75) is 68.2 Å². The molecular formula is C21H28N4O6. The normalized spacial score (nSPS) is 11.7. The van der Waals surface area contributed by atoms with Gasteiger partial charge >= 0.3 is 23.2 Å². The molecule has 0 aromatic carbocycles. The average molecular weight is 432 g/mol. The fourth-order valence-corrected chi connectivity index (χ4v) is 2.34. The molecular weight excluding hydrogens is 404 g/mol. The van der Waals surface area contributed by atoms with Gasteiger partial charge < -0.3 is 14.1 Å². The Bertz CT molecular complexity index is 1180. The van der Waals surface area contributed by atoms with Gasteiger partial charge in [0.05, 0.1) is 23.7 Å². The Hall–Kier alpha value is -3.35. The standard InChI is InChI=1S/C21H28N4O6/c1-8-10-11-23-12-22-15-14(23)16(26)25(31-18(28)21(6,7)9-2)19(29)24(15)13-30-17(27)20(3,4)5/h12H,9,11,13H2,1-7H3. The number of ether oxygens (including phenoxy) is 1. The number of hydrogen-bond donors (Lipinski definition) is 0. The van der Waals surface area contributed by atoms with E-state index in [0.717, 1.165) is 4.57 Å². The van der Waals surface area contributed by atoms with Crippen LogP contribution < -0.4 is 16.1 Å². The molecule has 0 aliphatic heterocycles. The van der Waals surface area contributed by atoms with Gasteiger partial charge in [-0.05, 0) is 48.0 Å². The molecule has 10 nitrogen and oxygen atoms in total. The highest BCUT2D eigenvalue weighted by atomic mass is 16.7. The van der Waals surface area contributed by atoms with E-state index >= 15 is 0 Å². The number of esters is 1. The molecule has 0 bridgehead atoms. The van der Waals surface area contributed by atoms with Crippen molar-refractivity contribution < 1.29 is 19.2 Å². The lowest BCUT2D eigenvalue weighted by molar-refractivity contribution is -0.159. The van der Waals surface area contributed by atoms with E-state index in [1.165, 1.54) is 10.9 Å². The number of nitrogens with zero attached hydrogens (tertiary/aromatic N) is 4. The Kier molecular flexibility index (Phi) is 6.79. The summed E-state index contributed by atoms with van der Waals surface area (Å²) in [7, 11) is 0. The van der Waals surface area contributed by atoms with E-state index < -0.39 is 40.7 Å². The summed E-state index contributed by atoms with van der Waals surface area (Å²) in [6.45, 7) is 11.4. The lowest BCUT2D eigenvalue weighted by Gasteiger charge is -2.21. The number of aromatic nitrogens is 4. The molecule has 0 atom stereocenters. The van der Waals surface area contributed by atoms with Crippen LogP contribution in [0.1, 0.15) is 54.9 Å². The summed E-state index contributed by atoms with van der Waals surface area (Å²) >= 11 is 0. The molecule has 0 saturated heterocycles. The number of hydrogen-bond acceptors (Lipinski definition) is 7. The van der Waals surface area contributed by atoms with Gasteiger partial charge in [-0.2, -0.15) is 0 Å². The Balaban J connectivity index is 2.68. The predicted octanol–water partition coefficient (Wildman–Crippen LogP) is 1.32. The van der Waals surface area contributed by atoms with Crippen molar-refractivity contribution in [1.29, 1.82) is 0 Å². The molecule has 2 heterocycles. The lowest BCUT2D eigenvalue weighted by atomic mass is 9.91. The third-order valence-corrected chi connectivity index (χ3v) is 4.84. The van der Waals surface area contributed by atoms with Crippen LogP contribution in [0, 0.1) is 22.7 Å². The number of carbonyl (C=O) groups is 2. The SMILES string of the molecule is CC#CCn1cnc2c1c(=O)n(OC(=O)C(C)(C)CC)c(=O)n2COC(=O)C(C)(C)C. The molecule has 0 radical (unpaired) electrons. The fraction of sp³-hybridized carbons (Fsp3) is 0.571. The zero-order valence-electron chi connectivity index (χ0n) is 18.9. The fourth-order valence-electron chi connectivity index (χ4n) is 2.34. The van der Waals surface area contributed by atoms with Crippen LogP contribution in [0.25, 0.3) is 11.2 Å². The van der Waals surface area contributed by atoms with Gasteiger partial charge in [-0.25, -0.2) is 19.1 Å². The summed E-state index contributed by atoms with van der Waals surface area (Å²) in [6, 6.07) is 0. The predicted molar refractivity (Wildman–Crippen MR) is 113 cm³/mol. The van der Waals surface area contributed by atoms with E-state index in [1.807, 2.05) is 0 Å². The van der Waals surface area contributed by atoms with Gasteiger partial charge in [0.1, 0.15) is 0 Å². The second-order valence-corrected chi connectivity index (χ2v) is 8.71. The minimum atomic E-state index is -0.980. The lowest BCUT2D eigenvalue weighted by Crippen LogP contribution is -2.48. The van der Waals surface area contributed by atoms with E-state index in [0.29, 0.717) is 11.2 Å². The summed E-state index contributed by atoms with van der Waals surface area (Å²) in [5, 5.41) is 0. The Morgan fingerprint density at radius 3 is 2.32 bits per heavy atom. The highest BCUT2D eigenvalue weighted by molar-refractivity contribution is 5.77. The molecule has 0 N–H and O–H groups in total. The zero-order chi connectivity index (χ0) is 23.6.